The fraction of sp³-hybridized carbons (Fsp3) is 0.500. The number of aromatic nitrogens is 1. The van der Waals surface area contributed by atoms with Gasteiger partial charge in [-0.05, 0) is 30.5 Å². The number of amides is 1. The largest absolute Gasteiger partial charge is 0.336 e. The maximum absolute atomic E-state index is 11.9. The van der Waals surface area contributed by atoms with Crippen molar-refractivity contribution in [1.29, 1.82) is 0 Å². The summed E-state index contributed by atoms with van der Waals surface area (Å²) >= 11 is 5.61. The van der Waals surface area contributed by atoms with Crippen LogP contribution in [0.3, 0.4) is 0 Å². The molecule has 4 heteroatoms. The Morgan fingerprint density at radius 3 is 2.94 bits per heavy atom. The lowest BCUT2D eigenvalue weighted by Crippen LogP contribution is -2.30. The summed E-state index contributed by atoms with van der Waals surface area (Å²) in [5.41, 5.74) is 1.18. The molecular formula is C12H15ClN2O. The first kappa shape index (κ1) is 11.4. The topological polar surface area (TPSA) is 33.2 Å². The van der Waals surface area contributed by atoms with Crippen molar-refractivity contribution in [3.05, 3.63) is 30.1 Å². The zero-order valence-corrected chi connectivity index (χ0v) is 9.86. The Labute approximate surface area is 100 Å². The van der Waals surface area contributed by atoms with Crippen molar-refractivity contribution in [1.82, 2.24) is 9.88 Å². The summed E-state index contributed by atoms with van der Waals surface area (Å²) in [4.78, 5) is 17.8. The first-order chi connectivity index (χ1) is 7.83. The van der Waals surface area contributed by atoms with Gasteiger partial charge in [-0.3, -0.25) is 9.78 Å². The summed E-state index contributed by atoms with van der Waals surface area (Å²) in [6.45, 7) is 0.850. The van der Waals surface area contributed by atoms with Crippen LogP contribution >= 0.6 is 11.6 Å². The zero-order chi connectivity index (χ0) is 11.4. The van der Waals surface area contributed by atoms with Crippen LogP contribution in [0.15, 0.2) is 24.5 Å². The molecule has 0 aliphatic carbocycles. The molecule has 2 heterocycles. The van der Waals surface area contributed by atoms with Gasteiger partial charge in [0.2, 0.25) is 5.91 Å². The third-order valence-electron chi connectivity index (χ3n) is 2.97. The van der Waals surface area contributed by atoms with E-state index >= 15 is 0 Å². The van der Waals surface area contributed by atoms with Crippen LogP contribution in [0.1, 0.15) is 30.9 Å². The van der Waals surface area contributed by atoms with E-state index in [2.05, 4.69) is 4.98 Å². The number of rotatable bonds is 3. The molecule has 1 aliphatic heterocycles. The molecule has 0 N–H and O–H groups in total. The fourth-order valence-electron chi connectivity index (χ4n) is 2.22. The van der Waals surface area contributed by atoms with Gasteiger partial charge in [0.25, 0.3) is 0 Å². The van der Waals surface area contributed by atoms with Crippen LogP contribution in [0.5, 0.6) is 0 Å². The van der Waals surface area contributed by atoms with E-state index in [1.807, 2.05) is 17.0 Å². The average molecular weight is 239 g/mol. The molecule has 1 aromatic heterocycles. The van der Waals surface area contributed by atoms with Gasteiger partial charge in [0, 0.05) is 31.2 Å². The van der Waals surface area contributed by atoms with Gasteiger partial charge in [0.05, 0.1) is 6.04 Å². The van der Waals surface area contributed by atoms with E-state index in [0.29, 0.717) is 12.3 Å². The van der Waals surface area contributed by atoms with Crippen LogP contribution in [0.4, 0.5) is 0 Å². The molecule has 0 saturated carbocycles. The predicted molar refractivity (Wildman–Crippen MR) is 63.3 cm³/mol. The fourth-order valence-corrected chi connectivity index (χ4v) is 2.38. The van der Waals surface area contributed by atoms with Crippen LogP contribution < -0.4 is 0 Å². The van der Waals surface area contributed by atoms with Crippen LogP contribution in [0.25, 0.3) is 0 Å². The van der Waals surface area contributed by atoms with Gasteiger partial charge < -0.3 is 4.90 Å². The zero-order valence-electron chi connectivity index (χ0n) is 9.10. The summed E-state index contributed by atoms with van der Waals surface area (Å²) in [7, 11) is 0. The highest BCUT2D eigenvalue weighted by Gasteiger charge is 2.29. The van der Waals surface area contributed by atoms with Crippen molar-refractivity contribution in [3.8, 4) is 0 Å². The van der Waals surface area contributed by atoms with Crippen molar-refractivity contribution < 1.29 is 4.79 Å². The Balaban J connectivity index is 2.12. The molecular weight excluding hydrogens is 224 g/mol. The second kappa shape index (κ2) is 5.30. The monoisotopic (exact) mass is 238 g/mol. The number of hydrogen-bond acceptors (Lipinski definition) is 2. The predicted octanol–water partition coefficient (Wildman–Crippen LogP) is 2.37. The molecule has 1 atom stereocenters. The van der Waals surface area contributed by atoms with Crippen LogP contribution in [0, 0.1) is 0 Å². The molecule has 1 aliphatic rings. The van der Waals surface area contributed by atoms with Gasteiger partial charge in [-0.25, -0.2) is 0 Å². The van der Waals surface area contributed by atoms with E-state index < -0.39 is 0 Å². The molecule has 1 fully saturated rings. The minimum Gasteiger partial charge on any atom is -0.336 e. The van der Waals surface area contributed by atoms with Crippen molar-refractivity contribution >= 4 is 17.5 Å². The Hall–Kier alpha value is -1.09. The van der Waals surface area contributed by atoms with Gasteiger partial charge in [0.15, 0.2) is 0 Å². The van der Waals surface area contributed by atoms with E-state index in [1.165, 1.54) is 5.56 Å². The summed E-state index contributed by atoms with van der Waals surface area (Å²) < 4.78 is 0. The number of nitrogens with zero attached hydrogens (tertiary/aromatic N) is 2. The second-order valence-electron chi connectivity index (χ2n) is 3.96. The van der Waals surface area contributed by atoms with Crippen molar-refractivity contribution in [2.75, 3.05) is 12.4 Å². The lowest BCUT2D eigenvalue weighted by molar-refractivity contribution is -0.131. The van der Waals surface area contributed by atoms with E-state index in [1.54, 1.807) is 12.4 Å². The number of carbonyl (C=O) groups excluding carboxylic acids is 1. The van der Waals surface area contributed by atoms with E-state index in [-0.39, 0.29) is 11.9 Å². The Morgan fingerprint density at radius 2 is 2.25 bits per heavy atom. The standard InChI is InChI=1S/C12H15ClN2O/c13-6-3-12(16)15-9-1-2-11(15)10-4-7-14-8-5-10/h4-5,7-8,11H,1-3,6,9H2. The molecule has 1 amide bonds. The smallest absolute Gasteiger partial charge is 0.224 e. The van der Waals surface area contributed by atoms with Gasteiger partial charge >= 0.3 is 0 Å². The molecule has 2 rings (SSSR count). The molecule has 1 aromatic rings. The Kier molecular flexibility index (Phi) is 3.78. The second-order valence-corrected chi connectivity index (χ2v) is 4.34. The van der Waals surface area contributed by atoms with Crippen molar-refractivity contribution in [3.63, 3.8) is 0 Å². The summed E-state index contributed by atoms with van der Waals surface area (Å²) in [6, 6.07) is 4.19. The third kappa shape index (κ3) is 2.35. The average Bonchev–Trinajstić information content (AvgIpc) is 2.79. The summed E-state index contributed by atoms with van der Waals surface area (Å²) in [6.07, 6.45) is 6.10. The first-order valence-corrected chi connectivity index (χ1v) is 6.11. The van der Waals surface area contributed by atoms with E-state index in [4.69, 9.17) is 11.6 Å². The minimum atomic E-state index is 0.161. The first-order valence-electron chi connectivity index (χ1n) is 5.58. The Bertz CT molecular complexity index is 355. The maximum atomic E-state index is 11.9. The summed E-state index contributed by atoms with van der Waals surface area (Å²) in [5.74, 6) is 0.563. The molecule has 0 aromatic carbocycles. The van der Waals surface area contributed by atoms with Gasteiger partial charge in [0.1, 0.15) is 0 Å². The third-order valence-corrected chi connectivity index (χ3v) is 3.16. The number of pyridine rings is 1. The van der Waals surface area contributed by atoms with Gasteiger partial charge in [-0.15, -0.1) is 11.6 Å². The van der Waals surface area contributed by atoms with Crippen molar-refractivity contribution in [2.45, 2.75) is 25.3 Å². The molecule has 0 spiro atoms. The van der Waals surface area contributed by atoms with Crippen LogP contribution in [-0.2, 0) is 4.79 Å². The van der Waals surface area contributed by atoms with E-state index in [9.17, 15) is 4.79 Å². The normalized spacial score (nSPS) is 20.1. The molecule has 1 unspecified atom stereocenters. The van der Waals surface area contributed by atoms with Gasteiger partial charge in [-0.2, -0.15) is 0 Å². The molecule has 86 valence electrons. The number of halogens is 1. The number of carbonyl (C=O) groups is 1. The minimum absolute atomic E-state index is 0.161. The van der Waals surface area contributed by atoms with E-state index in [0.717, 1.165) is 19.4 Å². The number of likely N-dealkylation sites (tertiary alicyclic amines) is 1. The van der Waals surface area contributed by atoms with Crippen molar-refractivity contribution in [2.24, 2.45) is 0 Å². The quantitative estimate of drug-likeness (QED) is 0.758. The molecule has 3 nitrogen and oxygen atoms in total. The molecule has 1 saturated heterocycles. The van der Waals surface area contributed by atoms with Crippen LogP contribution in [-0.4, -0.2) is 28.2 Å². The lowest BCUT2D eigenvalue weighted by Gasteiger charge is -2.24. The molecule has 0 radical (unpaired) electrons. The Morgan fingerprint density at radius 1 is 1.50 bits per heavy atom. The highest BCUT2D eigenvalue weighted by atomic mass is 35.5. The van der Waals surface area contributed by atoms with Gasteiger partial charge in [-0.1, -0.05) is 0 Å². The molecule has 16 heavy (non-hydrogen) atoms. The molecule has 0 bridgehead atoms. The summed E-state index contributed by atoms with van der Waals surface area (Å²) in [5, 5.41) is 0. The number of hydrogen-bond donors (Lipinski definition) is 0. The lowest BCUT2D eigenvalue weighted by atomic mass is 10.1. The highest BCUT2D eigenvalue weighted by Crippen LogP contribution is 2.31. The van der Waals surface area contributed by atoms with Crippen LogP contribution in [0.2, 0.25) is 0 Å². The SMILES string of the molecule is O=C(CCCl)N1CCCC1c1ccncc1. The maximum Gasteiger partial charge on any atom is 0.224 e. The highest BCUT2D eigenvalue weighted by molar-refractivity contribution is 6.18. The number of alkyl halides is 1.